The summed E-state index contributed by atoms with van der Waals surface area (Å²) in [7, 11) is 0. The molecule has 49 heavy (non-hydrogen) atoms. The lowest BCUT2D eigenvalue weighted by atomic mass is 9.93. The number of rotatable bonds is 32. The van der Waals surface area contributed by atoms with Crippen LogP contribution in [-0.2, 0) is 0 Å². The van der Waals surface area contributed by atoms with Gasteiger partial charge >= 0.3 is 0 Å². The van der Waals surface area contributed by atoms with E-state index in [4.69, 9.17) is 12.2 Å². The zero-order valence-corrected chi connectivity index (χ0v) is 32.7. The fourth-order valence-electron chi connectivity index (χ4n) is 6.98. The van der Waals surface area contributed by atoms with E-state index in [9.17, 15) is 25.5 Å². The Morgan fingerprint density at radius 2 is 1.12 bits per heavy atom. The average molecular weight is 713 g/mol. The van der Waals surface area contributed by atoms with Crippen LogP contribution in [0.4, 0.5) is 0 Å². The van der Waals surface area contributed by atoms with E-state index in [0.29, 0.717) is 30.8 Å². The molecule has 8 heteroatoms. The Morgan fingerprint density at radius 1 is 0.673 bits per heavy atom. The van der Waals surface area contributed by atoms with E-state index in [1.165, 1.54) is 141 Å². The molecule has 7 unspecified atom stereocenters. The fourth-order valence-corrected chi connectivity index (χ4v) is 7.28. The van der Waals surface area contributed by atoms with Crippen LogP contribution < -0.4 is 10.6 Å². The molecule has 0 aromatic carbocycles. The summed E-state index contributed by atoms with van der Waals surface area (Å²) in [5, 5.41) is 58.6. The molecule has 0 bridgehead atoms. The molecule has 7 atom stereocenters. The highest BCUT2D eigenvalue weighted by molar-refractivity contribution is 7.80. The Bertz CT molecular complexity index is 787. The molecule has 7 N–H and O–H groups in total. The van der Waals surface area contributed by atoms with Gasteiger partial charge in [0.1, 0.15) is 12.2 Å². The van der Waals surface area contributed by atoms with Gasteiger partial charge in [-0.3, -0.25) is 0 Å². The third kappa shape index (κ3) is 25.1. The van der Waals surface area contributed by atoms with Crippen molar-refractivity contribution in [2.24, 2.45) is 0 Å². The maximum atomic E-state index is 10.9. The van der Waals surface area contributed by atoms with Crippen LogP contribution in [0.5, 0.6) is 0 Å². The zero-order valence-electron chi connectivity index (χ0n) is 31.8. The summed E-state index contributed by atoms with van der Waals surface area (Å²) in [4.78, 5) is 0.706. The molecule has 0 aromatic rings. The summed E-state index contributed by atoms with van der Waals surface area (Å²) in [6.45, 7) is 4.48. The molecule has 0 heterocycles. The minimum absolute atomic E-state index is 0.231. The molecular formula is C41H80N2O5S. The predicted molar refractivity (Wildman–Crippen MR) is 211 cm³/mol. The first-order valence-corrected chi connectivity index (χ1v) is 21.3. The number of thiocarbonyl (C=S) groups is 1. The van der Waals surface area contributed by atoms with Crippen LogP contribution in [0.25, 0.3) is 0 Å². The second kappa shape index (κ2) is 32.1. The highest BCUT2D eigenvalue weighted by atomic mass is 32.1. The average Bonchev–Trinajstić information content (AvgIpc) is 3.09. The van der Waals surface area contributed by atoms with Crippen molar-refractivity contribution in [2.75, 3.05) is 6.54 Å². The highest BCUT2D eigenvalue weighted by Gasteiger charge is 2.32. The van der Waals surface area contributed by atoms with Gasteiger partial charge in [0.25, 0.3) is 0 Å². The lowest BCUT2D eigenvalue weighted by Crippen LogP contribution is -2.56. The van der Waals surface area contributed by atoms with Crippen LogP contribution in [0.2, 0.25) is 0 Å². The second-order valence-electron chi connectivity index (χ2n) is 15.1. The molecule has 290 valence electrons. The van der Waals surface area contributed by atoms with Crippen LogP contribution in [0.3, 0.4) is 0 Å². The van der Waals surface area contributed by atoms with Gasteiger partial charge in [-0.2, -0.15) is 0 Å². The Balaban J connectivity index is 2.09. The van der Waals surface area contributed by atoms with E-state index >= 15 is 0 Å². The summed E-state index contributed by atoms with van der Waals surface area (Å²) in [5.41, 5.74) is 0. The Hall–Kier alpha value is -0.610. The summed E-state index contributed by atoms with van der Waals surface area (Å²) in [5.74, 6) is 0. The van der Waals surface area contributed by atoms with E-state index in [0.717, 1.165) is 19.3 Å². The fraction of sp³-hybridized carbons (Fsp3) is 0.927. The highest BCUT2D eigenvalue weighted by Crippen LogP contribution is 2.18. The number of hydrogen-bond donors (Lipinski definition) is 7. The van der Waals surface area contributed by atoms with Crippen molar-refractivity contribution < 1.29 is 25.5 Å². The molecule has 1 aliphatic rings. The van der Waals surface area contributed by atoms with Gasteiger partial charge in [-0.05, 0) is 32.1 Å². The Kier molecular flexibility index (Phi) is 30.4. The number of hydrogen-bond acceptors (Lipinski definition) is 7. The van der Waals surface area contributed by atoms with Crippen molar-refractivity contribution in [3.8, 4) is 0 Å². The smallest absolute Gasteiger partial charge is 0.111 e. The monoisotopic (exact) mass is 713 g/mol. The Morgan fingerprint density at radius 3 is 1.57 bits per heavy atom. The van der Waals surface area contributed by atoms with Gasteiger partial charge < -0.3 is 36.2 Å². The minimum Gasteiger partial charge on any atom is -0.393 e. The normalized spacial score (nSPS) is 22.3. The van der Waals surface area contributed by atoms with Crippen LogP contribution in [0, 0.1) is 0 Å². The van der Waals surface area contributed by atoms with Crippen molar-refractivity contribution in [2.45, 2.75) is 236 Å². The summed E-state index contributed by atoms with van der Waals surface area (Å²) in [6.07, 6.45) is 32.6. The van der Waals surface area contributed by atoms with Gasteiger partial charge in [-0.25, -0.2) is 0 Å². The zero-order chi connectivity index (χ0) is 36.0. The molecule has 0 aromatic heterocycles. The van der Waals surface area contributed by atoms with Gasteiger partial charge in [-0.1, -0.05) is 179 Å². The molecule has 7 nitrogen and oxygen atoms in total. The van der Waals surface area contributed by atoms with Gasteiger partial charge in [0.15, 0.2) is 0 Å². The van der Waals surface area contributed by atoms with Crippen molar-refractivity contribution in [1.29, 1.82) is 0 Å². The molecule has 1 aliphatic carbocycles. The molecule has 0 spiro atoms. The first kappa shape index (κ1) is 46.4. The Labute approximate surface area is 307 Å². The third-order valence-corrected chi connectivity index (χ3v) is 10.8. The third-order valence-electron chi connectivity index (χ3n) is 10.5. The molecular weight excluding hydrogens is 633 g/mol. The molecule has 0 aliphatic heterocycles. The standard InChI is InChI=1S/C41H80N2O5S/c1-3-5-6-7-8-9-10-11-12-13-14-15-16-17-18-19-20-21-22-23-24-25-26-31-39(49)43-36(38(46)32-34(44)4-2)33-42-35-29-27-28-30-37(45)41(48)40(35)47/h28,30,34-38,40-42,44-48H,3-27,29,31-33H2,1-2H3,(H,43,49)/b30-28-. The van der Waals surface area contributed by atoms with Crippen molar-refractivity contribution in [3.05, 3.63) is 12.2 Å². The number of unbranched alkanes of at least 4 members (excludes halogenated alkanes) is 22. The topological polar surface area (TPSA) is 125 Å². The number of aliphatic hydroxyl groups is 5. The van der Waals surface area contributed by atoms with E-state index < -0.39 is 42.6 Å². The van der Waals surface area contributed by atoms with E-state index in [-0.39, 0.29) is 6.42 Å². The van der Waals surface area contributed by atoms with Crippen molar-refractivity contribution >= 4 is 17.2 Å². The maximum absolute atomic E-state index is 10.9. The quantitative estimate of drug-likeness (QED) is 0.0210. The maximum Gasteiger partial charge on any atom is 0.111 e. The van der Waals surface area contributed by atoms with Gasteiger partial charge in [-0.15, -0.1) is 0 Å². The van der Waals surface area contributed by atoms with Crippen LogP contribution in [-0.4, -0.2) is 79.7 Å². The lowest BCUT2D eigenvalue weighted by molar-refractivity contribution is -0.0593. The SMILES string of the molecule is CCCCCCCCCCCCCCCCCCCCCCCCCC(=S)NC(CNC1CC/C=C\C(O)C(O)C1O)C(O)CC(O)CC. The molecule has 0 fully saturated rings. The number of nitrogens with one attached hydrogen (secondary N) is 2. The van der Waals surface area contributed by atoms with Crippen molar-refractivity contribution in [1.82, 2.24) is 10.6 Å². The summed E-state index contributed by atoms with van der Waals surface area (Å²) >= 11 is 5.65. The van der Waals surface area contributed by atoms with E-state index in [2.05, 4.69) is 17.6 Å². The molecule has 1 rings (SSSR count). The van der Waals surface area contributed by atoms with Crippen LogP contribution in [0.15, 0.2) is 12.2 Å². The van der Waals surface area contributed by atoms with Crippen LogP contribution in [0.1, 0.15) is 194 Å². The first-order valence-electron chi connectivity index (χ1n) is 20.9. The largest absolute Gasteiger partial charge is 0.393 e. The first-order chi connectivity index (χ1) is 23.8. The molecule has 0 amide bonds. The lowest BCUT2D eigenvalue weighted by Gasteiger charge is -2.33. The van der Waals surface area contributed by atoms with Gasteiger partial charge in [0.2, 0.25) is 0 Å². The molecule has 0 saturated heterocycles. The van der Waals surface area contributed by atoms with Gasteiger partial charge in [0, 0.05) is 19.0 Å². The number of aliphatic hydroxyl groups excluding tert-OH is 5. The minimum atomic E-state index is -1.29. The molecule has 0 saturated carbocycles. The number of allylic oxidation sites excluding steroid dienone is 1. The van der Waals surface area contributed by atoms with E-state index in [1.54, 1.807) is 0 Å². The summed E-state index contributed by atoms with van der Waals surface area (Å²) in [6, 6.07) is -0.881. The van der Waals surface area contributed by atoms with Crippen molar-refractivity contribution in [3.63, 3.8) is 0 Å². The predicted octanol–water partition coefficient (Wildman–Crippen LogP) is 8.57. The van der Waals surface area contributed by atoms with Gasteiger partial charge in [0.05, 0.1) is 29.3 Å². The van der Waals surface area contributed by atoms with E-state index in [1.807, 2.05) is 13.0 Å². The van der Waals surface area contributed by atoms with Crippen LogP contribution >= 0.6 is 12.2 Å². The summed E-state index contributed by atoms with van der Waals surface area (Å²) < 4.78 is 0. The molecule has 0 radical (unpaired) electrons. The second-order valence-corrected chi connectivity index (χ2v) is 15.6.